The van der Waals surface area contributed by atoms with E-state index < -0.39 is 21.5 Å². The molecule has 0 amide bonds. The van der Waals surface area contributed by atoms with Crippen molar-refractivity contribution in [1.29, 1.82) is 0 Å². The summed E-state index contributed by atoms with van der Waals surface area (Å²) in [6, 6.07) is 15.9. The monoisotopic (exact) mass is 416 g/mol. The van der Waals surface area contributed by atoms with Gasteiger partial charge in [0.05, 0.1) is 27.4 Å². The van der Waals surface area contributed by atoms with Gasteiger partial charge in [-0.15, -0.1) is 11.3 Å². The molecule has 0 saturated carbocycles. The Kier molecular flexibility index (Phi) is 4.60. The maximum Gasteiger partial charge on any atom is 0.175 e. The number of rotatable bonds is 4. The van der Waals surface area contributed by atoms with E-state index in [2.05, 4.69) is 5.10 Å². The summed E-state index contributed by atoms with van der Waals surface area (Å²) in [7, 11) is -3.30. The number of benzene rings is 2. The highest BCUT2D eigenvalue weighted by Crippen LogP contribution is 2.36. The summed E-state index contributed by atoms with van der Waals surface area (Å²) >= 11 is 1.46. The van der Waals surface area contributed by atoms with Crippen molar-refractivity contribution in [2.45, 2.75) is 4.90 Å². The van der Waals surface area contributed by atoms with Crippen LogP contribution in [-0.2, 0) is 9.84 Å². The molecule has 142 valence electrons. The standard InChI is InChI=1S/C20H14F2N2O2S2/c1-28(25,26)15-4-2-3-13(11-15)19-7-8-20(27-19)18-9-10-23-24(18)14-5-6-16(21)17(22)12-14/h2-12H,1H3. The van der Waals surface area contributed by atoms with Crippen molar-refractivity contribution in [1.82, 2.24) is 9.78 Å². The molecule has 0 N–H and O–H groups in total. The molecule has 0 spiro atoms. The predicted octanol–water partition coefficient (Wildman–Crippen LogP) is 4.95. The highest BCUT2D eigenvalue weighted by molar-refractivity contribution is 7.90. The Morgan fingerprint density at radius 2 is 1.71 bits per heavy atom. The maximum atomic E-state index is 13.6. The third kappa shape index (κ3) is 3.48. The van der Waals surface area contributed by atoms with Gasteiger partial charge in [-0.3, -0.25) is 0 Å². The molecule has 0 radical (unpaired) electrons. The fourth-order valence-electron chi connectivity index (χ4n) is 2.82. The largest absolute Gasteiger partial charge is 0.232 e. The zero-order valence-electron chi connectivity index (χ0n) is 14.6. The zero-order chi connectivity index (χ0) is 19.9. The summed E-state index contributed by atoms with van der Waals surface area (Å²) in [5, 5.41) is 4.22. The molecule has 0 aliphatic heterocycles. The van der Waals surface area contributed by atoms with Crippen molar-refractivity contribution in [3.8, 4) is 26.7 Å². The van der Waals surface area contributed by atoms with Gasteiger partial charge in [-0.25, -0.2) is 21.9 Å². The van der Waals surface area contributed by atoms with E-state index in [-0.39, 0.29) is 4.90 Å². The molecular weight excluding hydrogens is 402 g/mol. The van der Waals surface area contributed by atoms with Gasteiger partial charge in [-0.2, -0.15) is 5.10 Å². The minimum Gasteiger partial charge on any atom is -0.232 e. The van der Waals surface area contributed by atoms with Gasteiger partial charge >= 0.3 is 0 Å². The highest BCUT2D eigenvalue weighted by atomic mass is 32.2. The maximum absolute atomic E-state index is 13.6. The van der Waals surface area contributed by atoms with Crippen LogP contribution >= 0.6 is 11.3 Å². The molecule has 28 heavy (non-hydrogen) atoms. The van der Waals surface area contributed by atoms with E-state index in [0.29, 0.717) is 5.69 Å². The Labute approximate surface area is 164 Å². The molecule has 2 aromatic carbocycles. The molecule has 0 atom stereocenters. The van der Waals surface area contributed by atoms with Gasteiger partial charge in [0.15, 0.2) is 21.5 Å². The first-order chi connectivity index (χ1) is 13.3. The number of halogens is 2. The first kappa shape index (κ1) is 18.5. The minimum atomic E-state index is -3.30. The molecule has 4 nitrogen and oxygen atoms in total. The van der Waals surface area contributed by atoms with Crippen molar-refractivity contribution in [3.05, 3.63) is 78.5 Å². The van der Waals surface area contributed by atoms with Crippen molar-refractivity contribution in [3.63, 3.8) is 0 Å². The highest BCUT2D eigenvalue weighted by Gasteiger charge is 2.14. The quantitative estimate of drug-likeness (QED) is 0.473. The molecule has 4 aromatic rings. The second kappa shape index (κ2) is 6.96. The number of aromatic nitrogens is 2. The van der Waals surface area contributed by atoms with E-state index in [1.54, 1.807) is 30.5 Å². The number of hydrogen-bond donors (Lipinski definition) is 0. The van der Waals surface area contributed by atoms with Gasteiger partial charge in [0, 0.05) is 17.2 Å². The summed E-state index contributed by atoms with van der Waals surface area (Å²) in [5.74, 6) is -1.86. The van der Waals surface area contributed by atoms with E-state index in [4.69, 9.17) is 0 Å². The Balaban J connectivity index is 1.74. The van der Waals surface area contributed by atoms with E-state index in [1.807, 2.05) is 18.2 Å². The fourth-order valence-corrected chi connectivity index (χ4v) is 4.50. The third-order valence-corrected chi connectivity index (χ3v) is 6.46. The first-order valence-corrected chi connectivity index (χ1v) is 10.9. The molecule has 2 aromatic heterocycles. The average Bonchev–Trinajstić information content (AvgIpc) is 3.32. The van der Waals surface area contributed by atoms with Crippen molar-refractivity contribution < 1.29 is 17.2 Å². The zero-order valence-corrected chi connectivity index (χ0v) is 16.3. The first-order valence-electron chi connectivity index (χ1n) is 8.23. The minimum absolute atomic E-state index is 0.256. The molecule has 0 aliphatic rings. The van der Waals surface area contributed by atoms with E-state index in [0.717, 1.165) is 33.1 Å². The second-order valence-corrected chi connectivity index (χ2v) is 9.29. The van der Waals surface area contributed by atoms with Crippen LogP contribution in [0, 0.1) is 11.6 Å². The van der Waals surface area contributed by atoms with Crippen molar-refractivity contribution in [2.75, 3.05) is 6.26 Å². The van der Waals surface area contributed by atoms with E-state index in [1.165, 1.54) is 28.3 Å². The van der Waals surface area contributed by atoms with Gasteiger partial charge in [-0.05, 0) is 48.0 Å². The summed E-state index contributed by atoms with van der Waals surface area (Å²) < 4.78 is 52.0. The average molecular weight is 416 g/mol. The van der Waals surface area contributed by atoms with Crippen LogP contribution in [-0.4, -0.2) is 24.5 Å². The van der Waals surface area contributed by atoms with Gasteiger partial charge in [-0.1, -0.05) is 12.1 Å². The number of hydrogen-bond acceptors (Lipinski definition) is 4. The number of thiophene rings is 1. The predicted molar refractivity (Wildman–Crippen MR) is 105 cm³/mol. The lowest BCUT2D eigenvalue weighted by molar-refractivity contribution is 0.507. The number of sulfone groups is 1. The van der Waals surface area contributed by atoms with Gasteiger partial charge in [0.2, 0.25) is 0 Å². The molecule has 0 aliphatic carbocycles. The van der Waals surface area contributed by atoms with Crippen LogP contribution < -0.4 is 0 Å². The summed E-state index contributed by atoms with van der Waals surface area (Å²) in [6.07, 6.45) is 2.76. The molecule has 0 saturated heterocycles. The molecule has 0 bridgehead atoms. The van der Waals surface area contributed by atoms with Crippen LogP contribution in [0.1, 0.15) is 0 Å². The summed E-state index contributed by atoms with van der Waals surface area (Å²) in [5.41, 5.74) is 1.92. The number of nitrogens with zero attached hydrogens (tertiary/aromatic N) is 2. The topological polar surface area (TPSA) is 52.0 Å². The molecule has 4 rings (SSSR count). The fraction of sp³-hybridized carbons (Fsp3) is 0.0500. The second-order valence-electron chi connectivity index (χ2n) is 6.19. The molecule has 0 unspecified atom stereocenters. The molecule has 2 heterocycles. The lowest BCUT2D eigenvalue weighted by atomic mass is 10.2. The summed E-state index contributed by atoms with van der Waals surface area (Å²) in [4.78, 5) is 2.01. The Bertz CT molecular complexity index is 1280. The van der Waals surface area contributed by atoms with Gasteiger partial charge < -0.3 is 0 Å². The Morgan fingerprint density at radius 3 is 2.46 bits per heavy atom. The summed E-state index contributed by atoms with van der Waals surface area (Å²) in [6.45, 7) is 0. The van der Waals surface area contributed by atoms with Crippen LogP contribution in [0.25, 0.3) is 26.7 Å². The van der Waals surface area contributed by atoms with Crippen LogP contribution in [0.15, 0.2) is 71.8 Å². The van der Waals surface area contributed by atoms with Crippen LogP contribution in [0.2, 0.25) is 0 Å². The lowest BCUT2D eigenvalue weighted by Gasteiger charge is -2.06. The smallest absolute Gasteiger partial charge is 0.175 e. The Morgan fingerprint density at radius 1 is 0.929 bits per heavy atom. The van der Waals surface area contributed by atoms with E-state index in [9.17, 15) is 17.2 Å². The Hall–Kier alpha value is -2.84. The van der Waals surface area contributed by atoms with Gasteiger partial charge in [0.1, 0.15) is 0 Å². The molecule has 8 heteroatoms. The molecule has 0 fully saturated rings. The van der Waals surface area contributed by atoms with Crippen molar-refractivity contribution >= 4 is 21.2 Å². The van der Waals surface area contributed by atoms with Crippen LogP contribution in [0.4, 0.5) is 8.78 Å². The molecular formula is C20H14F2N2O2S2. The van der Waals surface area contributed by atoms with Crippen LogP contribution in [0.5, 0.6) is 0 Å². The van der Waals surface area contributed by atoms with Crippen LogP contribution in [0.3, 0.4) is 0 Å². The third-order valence-electron chi connectivity index (χ3n) is 4.20. The van der Waals surface area contributed by atoms with E-state index >= 15 is 0 Å². The van der Waals surface area contributed by atoms with Crippen molar-refractivity contribution in [2.24, 2.45) is 0 Å². The van der Waals surface area contributed by atoms with Gasteiger partial charge in [0.25, 0.3) is 0 Å². The normalized spacial score (nSPS) is 11.7. The SMILES string of the molecule is CS(=O)(=O)c1cccc(-c2ccc(-c3ccnn3-c3ccc(F)c(F)c3)s2)c1. The lowest BCUT2D eigenvalue weighted by Crippen LogP contribution is -1.99.